The number of benzene rings is 2. The van der Waals surface area contributed by atoms with Crippen molar-refractivity contribution in [1.29, 1.82) is 0 Å². The van der Waals surface area contributed by atoms with Crippen molar-refractivity contribution in [1.82, 2.24) is 10.6 Å². The predicted octanol–water partition coefficient (Wildman–Crippen LogP) is 4.18. The van der Waals surface area contributed by atoms with Crippen LogP contribution >= 0.6 is 0 Å². The van der Waals surface area contributed by atoms with E-state index in [4.69, 9.17) is 0 Å². The van der Waals surface area contributed by atoms with Crippen molar-refractivity contribution in [2.45, 2.75) is 50.1 Å². The second kappa shape index (κ2) is 9.18. The van der Waals surface area contributed by atoms with Crippen molar-refractivity contribution < 1.29 is 19.5 Å². The van der Waals surface area contributed by atoms with Crippen molar-refractivity contribution in [2.75, 3.05) is 0 Å². The zero-order valence-corrected chi connectivity index (χ0v) is 19.1. The lowest BCUT2D eigenvalue weighted by molar-refractivity contribution is -0.150. The number of nitrogens with one attached hydrogen (secondary N) is 2. The Morgan fingerprint density at radius 2 is 1.56 bits per heavy atom. The number of carboxylic acids is 1. The van der Waals surface area contributed by atoms with Crippen LogP contribution in [-0.2, 0) is 14.4 Å². The summed E-state index contributed by atoms with van der Waals surface area (Å²) in [4.78, 5) is 38.3. The maximum absolute atomic E-state index is 12.8. The van der Waals surface area contributed by atoms with Crippen LogP contribution in [0.25, 0.3) is 12.2 Å². The number of hydrogen-bond donors (Lipinski definition) is 3. The Hall–Kier alpha value is -3.25. The summed E-state index contributed by atoms with van der Waals surface area (Å²) in [6.45, 7) is 0. The van der Waals surface area contributed by atoms with Crippen LogP contribution in [0.2, 0.25) is 0 Å². The molecule has 0 radical (unpaired) electrons. The maximum atomic E-state index is 12.8. The van der Waals surface area contributed by atoms with Gasteiger partial charge in [-0.2, -0.15) is 0 Å². The number of amides is 2. The van der Waals surface area contributed by atoms with Crippen LogP contribution in [0, 0.1) is 17.8 Å². The number of carbonyl (C=O) groups is 3. The van der Waals surface area contributed by atoms with E-state index in [2.05, 4.69) is 10.6 Å². The van der Waals surface area contributed by atoms with Gasteiger partial charge in [-0.3, -0.25) is 25.0 Å². The molecule has 4 unspecified atom stereocenters. The van der Waals surface area contributed by atoms with E-state index in [9.17, 15) is 19.5 Å². The first-order valence-corrected chi connectivity index (χ1v) is 12.2. The molecule has 2 aromatic carbocycles. The lowest BCUT2D eigenvalue weighted by Gasteiger charge is -2.35. The van der Waals surface area contributed by atoms with Crippen molar-refractivity contribution in [3.8, 4) is 0 Å². The second-order valence-corrected chi connectivity index (χ2v) is 9.87. The van der Waals surface area contributed by atoms with Crippen LogP contribution < -0.4 is 10.6 Å². The van der Waals surface area contributed by atoms with Gasteiger partial charge in [-0.25, -0.2) is 0 Å². The highest BCUT2D eigenvalue weighted by atomic mass is 16.4. The molecule has 6 nitrogen and oxygen atoms in total. The molecule has 0 bridgehead atoms. The molecule has 4 atom stereocenters. The molecule has 176 valence electrons. The van der Waals surface area contributed by atoms with Gasteiger partial charge in [-0.1, -0.05) is 98.9 Å². The van der Waals surface area contributed by atoms with Crippen molar-refractivity contribution in [3.63, 3.8) is 0 Å². The molecule has 2 amide bonds. The minimum atomic E-state index is -1.43. The molecule has 5 rings (SSSR count). The Morgan fingerprint density at radius 1 is 0.912 bits per heavy atom. The first-order chi connectivity index (χ1) is 16.5. The molecular weight excluding hydrogens is 428 g/mol. The quantitative estimate of drug-likeness (QED) is 0.446. The topological polar surface area (TPSA) is 95.5 Å². The summed E-state index contributed by atoms with van der Waals surface area (Å²) in [5.74, 6) is -3.27. The van der Waals surface area contributed by atoms with E-state index in [1.807, 2.05) is 66.7 Å². The molecule has 3 fully saturated rings. The molecule has 3 N–H and O–H groups in total. The highest BCUT2D eigenvalue weighted by Gasteiger charge is 2.66. The van der Waals surface area contributed by atoms with Gasteiger partial charge in [-0.15, -0.1) is 0 Å². The predicted molar refractivity (Wildman–Crippen MR) is 129 cm³/mol. The number of carboxylic acid groups (broad SMARTS) is 1. The van der Waals surface area contributed by atoms with Gasteiger partial charge < -0.3 is 5.11 Å². The number of carbonyl (C=O) groups excluding carboxylic acids is 2. The number of rotatable bonds is 6. The Morgan fingerprint density at radius 3 is 2.21 bits per heavy atom. The van der Waals surface area contributed by atoms with Gasteiger partial charge in [0.2, 0.25) is 11.8 Å². The number of fused-ring (bicyclic) bond motifs is 1. The van der Waals surface area contributed by atoms with Gasteiger partial charge in [0.1, 0.15) is 5.54 Å². The normalized spacial score (nSPS) is 29.4. The van der Waals surface area contributed by atoms with Crippen molar-refractivity contribution >= 4 is 29.9 Å². The number of aliphatic carboxylic acids is 1. The summed E-state index contributed by atoms with van der Waals surface area (Å²) in [5.41, 5.74) is 1.49. The minimum absolute atomic E-state index is 0.241. The molecule has 3 aliphatic rings. The minimum Gasteiger partial charge on any atom is -0.480 e. The van der Waals surface area contributed by atoms with Gasteiger partial charge >= 0.3 is 5.97 Å². The van der Waals surface area contributed by atoms with E-state index in [0.29, 0.717) is 6.42 Å². The third-order valence-electron chi connectivity index (χ3n) is 7.77. The molecule has 2 aromatic rings. The van der Waals surface area contributed by atoms with Crippen molar-refractivity contribution in [3.05, 3.63) is 71.3 Å². The van der Waals surface area contributed by atoms with E-state index in [1.54, 1.807) is 0 Å². The fourth-order valence-corrected chi connectivity index (χ4v) is 6.10. The molecule has 2 heterocycles. The largest absolute Gasteiger partial charge is 0.480 e. The first-order valence-electron chi connectivity index (χ1n) is 12.2. The fourth-order valence-electron chi connectivity index (χ4n) is 6.10. The molecule has 2 aliphatic heterocycles. The highest BCUT2D eigenvalue weighted by Crippen LogP contribution is 2.49. The zero-order chi connectivity index (χ0) is 23.7. The molecule has 2 saturated heterocycles. The number of hydrogen-bond acceptors (Lipinski definition) is 4. The van der Waals surface area contributed by atoms with Gasteiger partial charge in [-0.05, 0) is 29.0 Å². The zero-order valence-electron chi connectivity index (χ0n) is 19.1. The molecular formula is C28H30N2O4. The molecule has 0 aromatic heterocycles. The molecule has 1 saturated carbocycles. The summed E-state index contributed by atoms with van der Waals surface area (Å²) in [6, 6.07) is 17.3. The van der Waals surface area contributed by atoms with Crippen LogP contribution in [0.4, 0.5) is 0 Å². The average molecular weight is 459 g/mol. The fraction of sp³-hybridized carbons (Fsp3) is 0.393. The SMILES string of the molecule is O=C1NC(=O)C2C1C(c1ccc(C=Cc3ccccc3)cc1)NC2(CC1CCCCC1)C(=O)O. The summed E-state index contributed by atoms with van der Waals surface area (Å²) in [5, 5.41) is 16.1. The standard InChI is InChI=1S/C28H30N2O4/c31-25-22-23(26(32)29-25)28(27(33)34,17-20-9-5-2-6-10-20)30-24(22)21-15-13-19(14-16-21)12-11-18-7-3-1-4-8-18/h1,3-4,7-8,11-16,20,22-24,30H,2,5-6,9-10,17H2,(H,33,34)(H,29,31,32). The van der Waals surface area contributed by atoms with E-state index < -0.39 is 35.3 Å². The average Bonchev–Trinajstić information content (AvgIpc) is 3.36. The molecule has 34 heavy (non-hydrogen) atoms. The summed E-state index contributed by atoms with van der Waals surface area (Å²) in [7, 11) is 0. The lowest BCUT2D eigenvalue weighted by Crippen LogP contribution is -2.56. The molecule has 1 aliphatic carbocycles. The van der Waals surface area contributed by atoms with E-state index in [0.717, 1.165) is 42.4 Å². The molecule has 6 heteroatoms. The lowest BCUT2D eigenvalue weighted by atomic mass is 9.72. The first kappa shape index (κ1) is 22.5. The van der Waals surface area contributed by atoms with Gasteiger partial charge in [0.15, 0.2) is 0 Å². The van der Waals surface area contributed by atoms with Gasteiger partial charge in [0, 0.05) is 6.04 Å². The third-order valence-corrected chi connectivity index (χ3v) is 7.77. The van der Waals surface area contributed by atoms with Crippen LogP contribution in [0.15, 0.2) is 54.6 Å². The maximum Gasteiger partial charge on any atom is 0.324 e. The van der Waals surface area contributed by atoms with Crippen LogP contribution in [0.5, 0.6) is 0 Å². The Kier molecular flexibility index (Phi) is 6.09. The van der Waals surface area contributed by atoms with Gasteiger partial charge in [0.25, 0.3) is 0 Å². The summed E-state index contributed by atoms with van der Waals surface area (Å²) < 4.78 is 0. The monoisotopic (exact) mass is 458 g/mol. The summed E-state index contributed by atoms with van der Waals surface area (Å²) in [6.07, 6.45) is 9.69. The van der Waals surface area contributed by atoms with Gasteiger partial charge in [0.05, 0.1) is 11.8 Å². The van der Waals surface area contributed by atoms with Crippen LogP contribution in [0.1, 0.15) is 61.3 Å². The second-order valence-electron chi connectivity index (χ2n) is 9.87. The smallest absolute Gasteiger partial charge is 0.324 e. The Balaban J connectivity index is 1.43. The summed E-state index contributed by atoms with van der Waals surface area (Å²) >= 11 is 0. The van der Waals surface area contributed by atoms with E-state index in [-0.39, 0.29) is 11.8 Å². The molecule has 0 spiro atoms. The van der Waals surface area contributed by atoms with E-state index in [1.165, 1.54) is 6.42 Å². The Labute approximate surface area is 199 Å². The third kappa shape index (κ3) is 4.07. The van der Waals surface area contributed by atoms with Crippen molar-refractivity contribution in [2.24, 2.45) is 17.8 Å². The van der Waals surface area contributed by atoms with Crippen LogP contribution in [0.3, 0.4) is 0 Å². The van der Waals surface area contributed by atoms with Crippen LogP contribution in [-0.4, -0.2) is 28.4 Å². The number of imide groups is 1. The Bertz CT molecular complexity index is 1100. The van der Waals surface area contributed by atoms with E-state index >= 15 is 0 Å². The highest BCUT2D eigenvalue weighted by molar-refractivity contribution is 6.09.